The lowest BCUT2D eigenvalue weighted by atomic mass is 9.89. The first-order valence-electron chi connectivity index (χ1n) is 5.48. The van der Waals surface area contributed by atoms with Crippen molar-refractivity contribution in [3.8, 4) is 0 Å². The summed E-state index contributed by atoms with van der Waals surface area (Å²) in [5.74, 6) is -0.470. The van der Waals surface area contributed by atoms with Crippen molar-refractivity contribution in [3.63, 3.8) is 0 Å². The molecule has 2 aliphatic heterocycles. The molecule has 2 saturated heterocycles. The van der Waals surface area contributed by atoms with Crippen LogP contribution in [0.2, 0.25) is 0 Å². The number of amides is 2. The molecule has 2 heterocycles. The average Bonchev–Trinajstić information content (AvgIpc) is 2.48. The summed E-state index contributed by atoms with van der Waals surface area (Å²) in [6, 6.07) is 0. The first-order chi connectivity index (χ1) is 7.21. The van der Waals surface area contributed by atoms with Gasteiger partial charge in [0.15, 0.2) is 0 Å². The van der Waals surface area contributed by atoms with Crippen LogP contribution in [0.5, 0.6) is 0 Å². The first kappa shape index (κ1) is 11.3. The van der Waals surface area contributed by atoms with Crippen molar-refractivity contribution in [2.24, 2.45) is 0 Å². The Morgan fingerprint density at radius 1 is 1.19 bits per heavy atom. The van der Waals surface area contributed by atoms with Crippen molar-refractivity contribution < 1.29 is 14.3 Å². The molecule has 1 N–H and O–H groups in total. The molecule has 0 atom stereocenters. The van der Waals surface area contributed by atoms with E-state index in [1.807, 2.05) is 27.7 Å². The lowest BCUT2D eigenvalue weighted by Crippen LogP contribution is -2.27. The quantitative estimate of drug-likeness (QED) is 0.497. The van der Waals surface area contributed by atoms with Crippen LogP contribution in [-0.2, 0) is 14.3 Å². The largest absolute Gasteiger partial charge is 0.365 e. The van der Waals surface area contributed by atoms with E-state index in [1.165, 1.54) is 0 Å². The van der Waals surface area contributed by atoms with Gasteiger partial charge in [-0.15, -0.1) is 0 Å². The molecular weight excluding hydrogens is 206 g/mol. The van der Waals surface area contributed by atoms with Crippen molar-refractivity contribution in [3.05, 3.63) is 11.1 Å². The average molecular weight is 223 g/mol. The van der Waals surface area contributed by atoms with Gasteiger partial charge in [0.05, 0.1) is 17.6 Å². The van der Waals surface area contributed by atoms with Gasteiger partial charge in [0.1, 0.15) is 0 Å². The van der Waals surface area contributed by atoms with E-state index in [9.17, 15) is 9.59 Å². The van der Waals surface area contributed by atoms with Gasteiger partial charge in [-0.05, 0) is 33.3 Å². The monoisotopic (exact) mass is 223 g/mol. The molecule has 4 heteroatoms. The number of carbonyl (C=O) groups is 2. The zero-order chi connectivity index (χ0) is 12.1. The third-order valence-corrected chi connectivity index (χ3v) is 3.09. The molecule has 0 aliphatic carbocycles. The molecule has 0 spiro atoms. The summed E-state index contributed by atoms with van der Waals surface area (Å²) in [6.45, 7) is 7.88. The van der Waals surface area contributed by atoms with Crippen molar-refractivity contribution in [1.29, 1.82) is 0 Å². The van der Waals surface area contributed by atoms with Crippen molar-refractivity contribution in [2.45, 2.75) is 51.7 Å². The Kier molecular flexibility index (Phi) is 2.24. The van der Waals surface area contributed by atoms with Crippen LogP contribution in [-0.4, -0.2) is 23.0 Å². The summed E-state index contributed by atoms with van der Waals surface area (Å²) in [5.41, 5.74) is 0.833. The predicted octanol–water partition coefficient (Wildman–Crippen LogP) is 1.31. The lowest BCUT2D eigenvalue weighted by Gasteiger charge is -2.24. The van der Waals surface area contributed by atoms with Gasteiger partial charge < -0.3 is 4.74 Å². The lowest BCUT2D eigenvalue weighted by molar-refractivity contribution is -0.124. The molecular formula is C12H17NO3. The molecule has 0 saturated carbocycles. The Bertz CT molecular complexity index is 404. The highest BCUT2D eigenvalue weighted by atomic mass is 16.5. The minimum absolute atomic E-state index is 0.192. The fourth-order valence-corrected chi connectivity index (χ4v) is 2.63. The second-order valence-electron chi connectivity index (χ2n) is 5.56. The van der Waals surface area contributed by atoms with E-state index in [0.29, 0.717) is 12.0 Å². The van der Waals surface area contributed by atoms with Crippen molar-refractivity contribution in [2.75, 3.05) is 0 Å². The second kappa shape index (κ2) is 3.17. The van der Waals surface area contributed by atoms with Crippen LogP contribution >= 0.6 is 0 Å². The summed E-state index contributed by atoms with van der Waals surface area (Å²) >= 11 is 0. The number of ether oxygens (including phenoxy) is 1. The summed E-state index contributed by atoms with van der Waals surface area (Å²) in [4.78, 5) is 22.8. The highest BCUT2D eigenvalue weighted by molar-refractivity contribution is 6.13. The fraction of sp³-hybridized carbons (Fsp3) is 0.667. The molecule has 0 radical (unpaired) electrons. The van der Waals surface area contributed by atoms with Gasteiger partial charge in [0, 0.05) is 12.0 Å². The van der Waals surface area contributed by atoms with Gasteiger partial charge in [0.2, 0.25) is 5.91 Å². The van der Waals surface area contributed by atoms with Crippen LogP contribution in [0.15, 0.2) is 11.1 Å². The molecule has 0 aromatic carbocycles. The van der Waals surface area contributed by atoms with Crippen LogP contribution < -0.4 is 5.32 Å². The Morgan fingerprint density at radius 3 is 2.19 bits per heavy atom. The molecule has 4 nitrogen and oxygen atoms in total. The van der Waals surface area contributed by atoms with Gasteiger partial charge in [-0.1, -0.05) is 0 Å². The van der Waals surface area contributed by atoms with Gasteiger partial charge >= 0.3 is 0 Å². The van der Waals surface area contributed by atoms with E-state index in [-0.39, 0.29) is 23.8 Å². The minimum atomic E-state index is -0.458. The molecule has 0 unspecified atom stereocenters. The van der Waals surface area contributed by atoms with E-state index < -0.39 is 5.60 Å². The normalized spacial score (nSPS) is 32.0. The number of nitrogens with one attached hydrogen (secondary N) is 1. The van der Waals surface area contributed by atoms with Crippen LogP contribution in [0.25, 0.3) is 0 Å². The minimum Gasteiger partial charge on any atom is -0.365 e. The molecule has 0 bridgehead atoms. The van der Waals surface area contributed by atoms with Crippen LogP contribution in [0.4, 0.5) is 0 Å². The van der Waals surface area contributed by atoms with Gasteiger partial charge in [-0.3, -0.25) is 14.9 Å². The molecule has 0 aromatic heterocycles. The number of hydrogen-bond acceptors (Lipinski definition) is 3. The summed E-state index contributed by atoms with van der Waals surface area (Å²) in [5, 5.41) is 2.32. The maximum Gasteiger partial charge on any atom is 0.254 e. The summed E-state index contributed by atoms with van der Waals surface area (Å²) < 4.78 is 5.90. The standard InChI is InChI=1S/C12H17NO3/c1-11(2)6-8(12(3,4)16-11)7-5-9(14)13-10(7)15/h5-6H2,1-4H3,(H,13,14,15). The van der Waals surface area contributed by atoms with E-state index in [0.717, 1.165) is 5.57 Å². The highest BCUT2D eigenvalue weighted by Crippen LogP contribution is 2.44. The molecule has 0 aromatic rings. The summed E-state index contributed by atoms with van der Waals surface area (Å²) in [6.07, 6.45) is 0.896. The smallest absolute Gasteiger partial charge is 0.254 e. The topological polar surface area (TPSA) is 55.4 Å². The Labute approximate surface area is 95.0 Å². The van der Waals surface area contributed by atoms with E-state index in [2.05, 4.69) is 5.32 Å². The van der Waals surface area contributed by atoms with Gasteiger partial charge in [0.25, 0.3) is 5.91 Å². The van der Waals surface area contributed by atoms with Crippen molar-refractivity contribution >= 4 is 11.8 Å². The molecule has 16 heavy (non-hydrogen) atoms. The zero-order valence-electron chi connectivity index (χ0n) is 10.1. The number of hydrogen-bond donors (Lipinski definition) is 1. The first-order valence-corrected chi connectivity index (χ1v) is 5.48. The summed E-state index contributed by atoms with van der Waals surface area (Å²) in [7, 11) is 0. The van der Waals surface area contributed by atoms with Gasteiger partial charge in [-0.25, -0.2) is 0 Å². The van der Waals surface area contributed by atoms with Gasteiger partial charge in [-0.2, -0.15) is 0 Å². The fourth-order valence-electron chi connectivity index (χ4n) is 2.63. The Morgan fingerprint density at radius 2 is 1.81 bits per heavy atom. The highest BCUT2D eigenvalue weighted by Gasteiger charge is 2.45. The SMILES string of the molecule is CC1(C)CC(=C2CC(=O)NC2=O)C(C)(C)O1. The third-order valence-electron chi connectivity index (χ3n) is 3.09. The van der Waals surface area contributed by atoms with Crippen molar-refractivity contribution in [1.82, 2.24) is 5.32 Å². The number of carbonyl (C=O) groups excluding carboxylic acids is 2. The van der Waals surface area contributed by atoms with Crippen LogP contribution in [0.3, 0.4) is 0 Å². The zero-order valence-corrected chi connectivity index (χ0v) is 10.1. The maximum atomic E-state index is 11.6. The molecule has 88 valence electrons. The van der Waals surface area contributed by atoms with E-state index >= 15 is 0 Å². The molecule has 2 amide bonds. The molecule has 2 rings (SSSR count). The molecule has 2 aliphatic rings. The van der Waals surface area contributed by atoms with Crippen LogP contribution in [0.1, 0.15) is 40.5 Å². The van der Waals surface area contributed by atoms with Crippen LogP contribution in [0, 0.1) is 0 Å². The predicted molar refractivity (Wildman–Crippen MR) is 58.7 cm³/mol. The molecule has 2 fully saturated rings. The number of rotatable bonds is 0. The third kappa shape index (κ3) is 1.78. The second-order valence-corrected chi connectivity index (χ2v) is 5.56. The number of imide groups is 1. The van der Waals surface area contributed by atoms with E-state index in [4.69, 9.17) is 4.74 Å². The van der Waals surface area contributed by atoms with E-state index in [1.54, 1.807) is 0 Å². The Hall–Kier alpha value is -1.16. The maximum absolute atomic E-state index is 11.6. The Balaban J connectivity index is 2.44.